The molecule has 0 bridgehead atoms. The Morgan fingerprint density at radius 1 is 0.253 bits per heavy atom. The van der Waals surface area contributed by atoms with E-state index in [4.69, 9.17) is 14.2 Å². The average Bonchev–Trinajstić information content (AvgIpc) is 3.49. The van der Waals surface area contributed by atoms with E-state index in [1.165, 1.54) is 103 Å². The van der Waals surface area contributed by atoms with Gasteiger partial charge in [-0.15, -0.1) is 0 Å². The van der Waals surface area contributed by atoms with Crippen LogP contribution in [0.25, 0.3) is 0 Å². The molecule has 0 amide bonds. The average molecular weight is 1150 g/mol. The highest BCUT2D eigenvalue weighted by atomic mass is 16.6. The van der Waals surface area contributed by atoms with Crippen LogP contribution < -0.4 is 0 Å². The monoisotopic (exact) mass is 1150 g/mol. The summed E-state index contributed by atoms with van der Waals surface area (Å²) in [5.41, 5.74) is 0. The molecule has 0 saturated heterocycles. The number of allylic oxidation sites excluding steroid dienone is 24. The van der Waals surface area contributed by atoms with Gasteiger partial charge in [-0.05, 0) is 122 Å². The first kappa shape index (κ1) is 78.3. The number of hydrogen-bond donors (Lipinski definition) is 0. The van der Waals surface area contributed by atoms with Crippen molar-refractivity contribution >= 4 is 17.9 Å². The third kappa shape index (κ3) is 68.0. The van der Waals surface area contributed by atoms with Crippen molar-refractivity contribution in [1.29, 1.82) is 0 Å². The highest BCUT2D eigenvalue weighted by Gasteiger charge is 2.19. The molecule has 0 radical (unpaired) electrons. The van der Waals surface area contributed by atoms with Gasteiger partial charge in [0.1, 0.15) is 13.2 Å². The summed E-state index contributed by atoms with van der Waals surface area (Å²) in [5.74, 6) is -0.918. The van der Waals surface area contributed by atoms with Crippen LogP contribution in [0.1, 0.15) is 303 Å². The molecule has 0 aromatic heterocycles. The van der Waals surface area contributed by atoms with Crippen LogP contribution in [0.2, 0.25) is 0 Å². The predicted octanol–water partition coefficient (Wildman–Crippen LogP) is 23.9. The van der Waals surface area contributed by atoms with Gasteiger partial charge in [0.25, 0.3) is 0 Å². The van der Waals surface area contributed by atoms with Crippen molar-refractivity contribution in [3.63, 3.8) is 0 Å². The minimum atomic E-state index is -0.790. The number of esters is 3. The van der Waals surface area contributed by atoms with Crippen LogP contribution in [0.15, 0.2) is 146 Å². The van der Waals surface area contributed by atoms with Gasteiger partial charge in [-0.25, -0.2) is 0 Å². The quantitative estimate of drug-likeness (QED) is 0.0261. The lowest BCUT2D eigenvalue weighted by atomic mass is 10.0. The molecule has 0 aromatic rings. The Balaban J connectivity index is 4.04. The first-order chi connectivity index (χ1) is 41.0. The van der Waals surface area contributed by atoms with Crippen molar-refractivity contribution in [2.24, 2.45) is 0 Å². The number of carbonyl (C=O) groups is 3. The Bertz CT molecular complexity index is 1800. The molecule has 0 N–H and O–H groups in total. The molecule has 0 aromatic carbocycles. The van der Waals surface area contributed by atoms with Crippen LogP contribution >= 0.6 is 0 Å². The topological polar surface area (TPSA) is 78.9 Å². The van der Waals surface area contributed by atoms with E-state index in [-0.39, 0.29) is 31.1 Å². The molecule has 0 heterocycles. The summed E-state index contributed by atoms with van der Waals surface area (Å²) in [6.07, 6.45) is 101. The summed E-state index contributed by atoms with van der Waals surface area (Å²) >= 11 is 0. The van der Waals surface area contributed by atoms with Crippen LogP contribution in [0.4, 0.5) is 0 Å². The van der Waals surface area contributed by atoms with Gasteiger partial charge >= 0.3 is 17.9 Å². The van der Waals surface area contributed by atoms with Crippen molar-refractivity contribution in [1.82, 2.24) is 0 Å². The Morgan fingerprint density at radius 3 is 0.735 bits per heavy atom. The first-order valence-corrected chi connectivity index (χ1v) is 34.3. The molecule has 6 nitrogen and oxygen atoms in total. The van der Waals surface area contributed by atoms with Gasteiger partial charge in [-0.1, -0.05) is 308 Å². The van der Waals surface area contributed by atoms with Crippen molar-refractivity contribution in [3.05, 3.63) is 146 Å². The fourth-order valence-corrected chi connectivity index (χ4v) is 9.27. The Hall–Kier alpha value is -4.71. The molecule has 0 aliphatic heterocycles. The summed E-state index contributed by atoms with van der Waals surface area (Å²) in [6.45, 7) is 6.32. The molecule has 0 spiro atoms. The smallest absolute Gasteiger partial charge is 0.306 e. The van der Waals surface area contributed by atoms with Crippen molar-refractivity contribution in [2.75, 3.05) is 13.2 Å². The summed E-state index contributed by atoms with van der Waals surface area (Å²) in [6, 6.07) is 0. The SMILES string of the molecule is CC/C=C\C/C=C\C/C=C\C/C=C\C/C=C\C/C=C\C/C=C\CCCCCCCC(=O)OC(COC(=O)CCCCCCC)COC(=O)CCCCCCCCCCCCCCCCCCC/C=C\C/C=C\C/C=C\C/C=C\C/C=C\CC. The van der Waals surface area contributed by atoms with Gasteiger partial charge in [-0.2, -0.15) is 0 Å². The number of rotatable bonds is 61. The summed E-state index contributed by atoms with van der Waals surface area (Å²) in [5, 5.41) is 0. The van der Waals surface area contributed by atoms with Crippen LogP contribution in [-0.2, 0) is 28.6 Å². The zero-order valence-corrected chi connectivity index (χ0v) is 53.9. The highest BCUT2D eigenvalue weighted by molar-refractivity contribution is 5.71. The number of unbranched alkanes of at least 4 members (excludes halogenated alkanes) is 26. The Kier molecular flexibility index (Phi) is 65.8. The Morgan fingerprint density at radius 2 is 0.470 bits per heavy atom. The van der Waals surface area contributed by atoms with E-state index in [0.29, 0.717) is 19.3 Å². The molecule has 0 aliphatic rings. The molecule has 0 aliphatic carbocycles. The van der Waals surface area contributed by atoms with E-state index in [9.17, 15) is 14.4 Å². The van der Waals surface area contributed by atoms with E-state index in [2.05, 4.69) is 167 Å². The highest BCUT2D eigenvalue weighted by Crippen LogP contribution is 2.16. The number of hydrogen-bond acceptors (Lipinski definition) is 6. The van der Waals surface area contributed by atoms with Crippen LogP contribution in [0, 0.1) is 0 Å². The normalized spacial score (nSPS) is 13.0. The Labute approximate surface area is 512 Å². The third-order valence-electron chi connectivity index (χ3n) is 14.3. The molecule has 1 atom stereocenters. The van der Waals surface area contributed by atoms with Gasteiger partial charge in [0.2, 0.25) is 0 Å². The van der Waals surface area contributed by atoms with Crippen molar-refractivity contribution < 1.29 is 28.6 Å². The van der Waals surface area contributed by atoms with E-state index in [0.717, 1.165) is 161 Å². The van der Waals surface area contributed by atoms with Crippen LogP contribution in [0.5, 0.6) is 0 Å². The molecular weight excluding hydrogens is 1020 g/mol. The maximum absolute atomic E-state index is 12.8. The van der Waals surface area contributed by atoms with Crippen LogP contribution in [0.3, 0.4) is 0 Å². The fraction of sp³-hybridized carbons (Fsp3) is 0.649. The maximum atomic E-state index is 12.8. The number of ether oxygens (including phenoxy) is 3. The second-order valence-electron chi connectivity index (χ2n) is 22.3. The summed E-state index contributed by atoms with van der Waals surface area (Å²) in [7, 11) is 0. The molecule has 6 heteroatoms. The summed E-state index contributed by atoms with van der Waals surface area (Å²) in [4.78, 5) is 38.0. The predicted molar refractivity (Wildman–Crippen MR) is 362 cm³/mol. The van der Waals surface area contributed by atoms with E-state index < -0.39 is 6.10 Å². The van der Waals surface area contributed by atoms with Crippen molar-refractivity contribution in [3.8, 4) is 0 Å². The second kappa shape index (κ2) is 69.8. The molecule has 470 valence electrons. The molecular formula is C77H126O6. The van der Waals surface area contributed by atoms with Gasteiger partial charge in [0.05, 0.1) is 0 Å². The van der Waals surface area contributed by atoms with Gasteiger partial charge in [0.15, 0.2) is 6.10 Å². The molecule has 0 fully saturated rings. The van der Waals surface area contributed by atoms with Crippen LogP contribution in [-0.4, -0.2) is 37.2 Å². The van der Waals surface area contributed by atoms with Gasteiger partial charge in [-0.3, -0.25) is 14.4 Å². The molecule has 0 rings (SSSR count). The zero-order chi connectivity index (χ0) is 59.9. The number of carbonyl (C=O) groups excluding carboxylic acids is 3. The van der Waals surface area contributed by atoms with E-state index in [1.807, 2.05) is 0 Å². The van der Waals surface area contributed by atoms with E-state index >= 15 is 0 Å². The minimum Gasteiger partial charge on any atom is -0.462 e. The largest absolute Gasteiger partial charge is 0.462 e. The lowest BCUT2D eigenvalue weighted by Gasteiger charge is -2.18. The minimum absolute atomic E-state index is 0.0879. The first-order valence-electron chi connectivity index (χ1n) is 34.3. The van der Waals surface area contributed by atoms with Crippen molar-refractivity contribution in [2.45, 2.75) is 309 Å². The second-order valence-corrected chi connectivity index (χ2v) is 22.3. The third-order valence-corrected chi connectivity index (χ3v) is 14.3. The van der Waals surface area contributed by atoms with Gasteiger partial charge < -0.3 is 14.2 Å². The zero-order valence-electron chi connectivity index (χ0n) is 53.9. The lowest BCUT2D eigenvalue weighted by molar-refractivity contribution is -0.167. The molecule has 0 saturated carbocycles. The lowest BCUT2D eigenvalue weighted by Crippen LogP contribution is -2.30. The maximum Gasteiger partial charge on any atom is 0.306 e. The molecule has 1 unspecified atom stereocenters. The van der Waals surface area contributed by atoms with Gasteiger partial charge in [0, 0.05) is 19.3 Å². The molecule has 83 heavy (non-hydrogen) atoms. The standard InChI is InChI=1S/C77H126O6/c1-4-7-10-13-15-17-19-21-23-25-27-29-31-33-35-36-37-38-39-40-42-43-45-47-49-51-53-55-57-59-61-64-67-70-76(79)82-73-74(72-81-75(78)69-66-63-12-9-6-3)83-77(80)71-68-65-62-60-58-56-54-52-50-48-46-44-41-34-32-30-28-26-24-22-20-18-16-14-11-8-5-2/h7-8,10-11,15-18,21-24,27-30,33-35,41,46,48,52,54,74H,4-6,9,12-14,19-20,25-26,31-32,36-40,42-45,47,49-51,53,55-73H2,1-3H3/b10-7-,11-8-,17-15-,18-16-,23-21-,24-22-,29-27-,30-28-,35-33-,41-34-,48-46-,54-52-. The summed E-state index contributed by atoms with van der Waals surface area (Å²) < 4.78 is 16.8. The fourth-order valence-electron chi connectivity index (χ4n) is 9.27. The van der Waals surface area contributed by atoms with E-state index in [1.54, 1.807) is 0 Å².